The van der Waals surface area contributed by atoms with Gasteiger partial charge < -0.3 is 31.3 Å². The smallest absolute Gasteiger partial charge is 0.418 e. The third-order valence-corrected chi connectivity index (χ3v) is 26.7. The number of aryl methyl sites for hydroxylation is 2. The topological polar surface area (TPSA) is 150 Å². The number of ether oxygens (including phenoxy) is 1. The zero-order valence-corrected chi connectivity index (χ0v) is 80.4. The van der Waals surface area contributed by atoms with Crippen LogP contribution in [0.3, 0.4) is 0 Å². The fourth-order valence-electron chi connectivity index (χ4n) is 19.1. The lowest BCUT2D eigenvalue weighted by atomic mass is 9.95. The number of hydrogen-bond donors (Lipinski definition) is 5. The molecule has 0 spiro atoms. The average Bonchev–Trinajstić information content (AvgIpc) is 1.55. The van der Waals surface area contributed by atoms with Crippen LogP contribution in [0.2, 0.25) is 0 Å². The van der Waals surface area contributed by atoms with E-state index in [1.54, 1.807) is 7.11 Å². The molecule has 5 N–H and O–H groups in total. The van der Waals surface area contributed by atoms with Crippen molar-refractivity contribution in [1.82, 2.24) is 76.0 Å². The molecule has 5 aliphatic heterocycles. The average molecular weight is 1780 g/mol. The summed E-state index contributed by atoms with van der Waals surface area (Å²) in [6.45, 7) is 34.5. The highest BCUT2D eigenvalue weighted by Gasteiger charge is 2.35. The van der Waals surface area contributed by atoms with Crippen molar-refractivity contribution >= 4 is 0 Å². The number of nitrogens with zero attached hydrogens (tertiary/aromatic N) is 10. The fraction of sp³-hybridized carbons (Fsp3) is 0.509. The molecule has 1 aliphatic carbocycles. The second-order valence-electron chi connectivity index (χ2n) is 37.6. The Bertz CT molecular complexity index is 4790. The second kappa shape index (κ2) is 55.0. The number of rotatable bonds is 42. The molecule has 16 nitrogen and oxygen atoms in total. The van der Waals surface area contributed by atoms with Crippen LogP contribution in [0.15, 0.2) is 213 Å². The van der Waals surface area contributed by atoms with Gasteiger partial charge in [-0.15, -0.1) is 0 Å². The maximum absolute atomic E-state index is 13.4. The van der Waals surface area contributed by atoms with E-state index in [2.05, 4.69) is 265 Å². The number of halogens is 3. The quantitative estimate of drug-likeness (QED) is 0.0231. The normalized spacial score (nSPS) is 17.3. The second-order valence-corrected chi connectivity index (χ2v) is 37.6. The van der Waals surface area contributed by atoms with E-state index in [9.17, 15) is 13.2 Å². The van der Waals surface area contributed by atoms with Crippen molar-refractivity contribution < 1.29 is 17.9 Å². The van der Waals surface area contributed by atoms with Crippen molar-refractivity contribution in [1.29, 1.82) is 0 Å². The lowest BCUT2D eigenvalue weighted by Gasteiger charge is -2.32. The zero-order valence-electron chi connectivity index (χ0n) is 80.4. The van der Waals surface area contributed by atoms with Gasteiger partial charge in [-0.05, 0) is 244 Å². The summed E-state index contributed by atoms with van der Waals surface area (Å²) in [7, 11) is 1.72. The summed E-state index contributed by atoms with van der Waals surface area (Å²) in [6.07, 6.45) is 31.4. The van der Waals surface area contributed by atoms with Crippen LogP contribution in [-0.4, -0.2) is 152 Å². The minimum atomic E-state index is -4.37. The van der Waals surface area contributed by atoms with Gasteiger partial charge in [-0.25, -0.2) is 0 Å². The fourth-order valence-corrected chi connectivity index (χ4v) is 19.1. The zero-order chi connectivity index (χ0) is 91.6. The van der Waals surface area contributed by atoms with Crippen molar-refractivity contribution in [3.05, 3.63) is 319 Å². The minimum Gasteiger partial charge on any atom is -0.495 e. The van der Waals surface area contributed by atoms with Crippen LogP contribution in [0, 0.1) is 13.8 Å². The molecular weight excluding hydrogens is 1630 g/mol. The van der Waals surface area contributed by atoms with E-state index < -0.39 is 11.7 Å². The Labute approximate surface area is 784 Å². The van der Waals surface area contributed by atoms with Crippen LogP contribution < -0.4 is 31.3 Å². The summed E-state index contributed by atoms with van der Waals surface area (Å²) in [6, 6.07) is 65.5. The van der Waals surface area contributed by atoms with Gasteiger partial charge >= 0.3 is 6.18 Å². The van der Waals surface area contributed by atoms with Gasteiger partial charge in [0.15, 0.2) is 0 Å². The summed E-state index contributed by atoms with van der Waals surface area (Å²) in [5.41, 5.74) is 22.6. The van der Waals surface area contributed by atoms with Gasteiger partial charge in [0.25, 0.3) is 0 Å². The minimum absolute atomic E-state index is 0.114. The third-order valence-electron chi connectivity index (χ3n) is 26.7. The molecule has 0 bridgehead atoms. The van der Waals surface area contributed by atoms with Crippen molar-refractivity contribution in [3.63, 3.8) is 0 Å². The third kappa shape index (κ3) is 34.2. The predicted molar refractivity (Wildman–Crippen MR) is 532 cm³/mol. The maximum Gasteiger partial charge on any atom is 0.418 e. The van der Waals surface area contributed by atoms with E-state index in [4.69, 9.17) is 9.72 Å². The Kier molecular flexibility index (Phi) is 42.4. The first kappa shape index (κ1) is 101. The molecule has 1 saturated carbocycles. The van der Waals surface area contributed by atoms with Crippen LogP contribution in [0.5, 0.6) is 5.75 Å². The summed E-state index contributed by atoms with van der Waals surface area (Å²) >= 11 is 0. The van der Waals surface area contributed by atoms with Crippen molar-refractivity contribution in [2.45, 2.75) is 297 Å². The van der Waals surface area contributed by atoms with E-state index in [0.29, 0.717) is 30.7 Å². The number of fused-ring (bicyclic) bond motifs is 5. The largest absolute Gasteiger partial charge is 0.495 e. The highest BCUT2D eigenvalue weighted by atomic mass is 19.4. The number of alkyl halides is 3. The molecule has 5 atom stereocenters. The molecule has 704 valence electrons. The Morgan fingerprint density at radius 2 is 0.611 bits per heavy atom. The molecule has 0 radical (unpaired) electrons. The molecular formula is C112H154F3N15O. The Hall–Kier alpha value is -8.96. The van der Waals surface area contributed by atoms with Gasteiger partial charge in [0, 0.05) is 159 Å². The molecule has 5 aromatic heterocycles. The molecule has 16 rings (SSSR count). The molecule has 1 fully saturated rings. The molecule has 19 heteroatoms. The molecule has 0 unspecified atom stereocenters. The molecule has 0 saturated heterocycles. The van der Waals surface area contributed by atoms with Crippen LogP contribution in [0.1, 0.15) is 256 Å². The van der Waals surface area contributed by atoms with Gasteiger partial charge in [0.05, 0.1) is 41.1 Å². The molecule has 6 aliphatic rings. The first-order valence-corrected chi connectivity index (χ1v) is 50.0. The van der Waals surface area contributed by atoms with Gasteiger partial charge in [-0.2, -0.15) is 13.2 Å². The summed E-state index contributed by atoms with van der Waals surface area (Å²) in [5, 5.41) is 18.5. The lowest BCUT2D eigenvalue weighted by Crippen LogP contribution is -2.45. The summed E-state index contributed by atoms with van der Waals surface area (Å²) < 4.78 is 45.6. The molecule has 10 heterocycles. The SMILES string of the molecule is CCCCCN(Cc1ccc(C)cn1)C[C@H]1Cc2ccccc2CN1.CCCCCN(Cc1ccc(C)cn1)C[C@H]1Cc2ccccc2CN1.CCCCCN(Cc1ncccc1C(F)(F)F)C[C@H]1Cc2ccccc2CN1.CCCCCN(Cc1ncccc1C1CC1)C[C@H]1Cc2ccccc2CN1.CCCCCN(Cc1ncccc1OC)C[C@H]1Cc2ccccc2CN1. The van der Waals surface area contributed by atoms with Gasteiger partial charge in [0.2, 0.25) is 0 Å². The molecule has 0 amide bonds. The Morgan fingerprint density at radius 3 is 0.916 bits per heavy atom. The van der Waals surface area contributed by atoms with Crippen molar-refractivity contribution in [2.24, 2.45) is 0 Å². The molecule has 10 aromatic rings. The first-order valence-electron chi connectivity index (χ1n) is 50.0. The van der Waals surface area contributed by atoms with Crippen molar-refractivity contribution in [3.8, 4) is 5.75 Å². The van der Waals surface area contributed by atoms with Crippen molar-refractivity contribution in [2.75, 3.05) is 72.6 Å². The van der Waals surface area contributed by atoms with E-state index >= 15 is 0 Å². The molecule has 131 heavy (non-hydrogen) atoms. The van der Waals surface area contributed by atoms with E-state index in [1.807, 2.05) is 49.1 Å². The number of aromatic nitrogens is 5. The van der Waals surface area contributed by atoms with Crippen LogP contribution in [-0.2, 0) is 104 Å². The van der Waals surface area contributed by atoms with E-state index in [0.717, 1.165) is 186 Å². The standard InChI is InChI=1S/C24H33N3.C22H28F3N3.C22H31N3O.2C22H31N3/c1-2-3-6-14-27(18-24-23(19-11-12-19)10-7-13-25-24)17-22-15-20-8-4-5-9-21(20)16-26-22;1-2-3-6-12-28(16-21-20(22(23,24)25)10-7-11-26-21)15-19-13-17-8-4-5-9-18(17)14-27-19;1-3-4-7-13-25(17-21-22(26-2)11-8-12-23-21)16-20-14-18-9-5-6-10-19(18)15-24-20;2*1-3-4-7-12-25(16-21-11-10-18(2)14-23-21)17-22-13-19-8-5-6-9-20(19)15-24-22/h4-5,7-10,13,19,22,26H,2-3,6,11-12,14-18H2,1H3;4-5,7-11,19,27H,2-3,6,12-16H2,1H3;5-6,8-12,20,24H,3-4,7,13-17H2,1-2H3;2*5-6,8-11,14,22,24H,3-4,7,12-13,15-17H2,1-2H3/t22-;19-;20-;2*22-/m11111/s1. The highest BCUT2D eigenvalue weighted by Crippen LogP contribution is 2.42. The number of methoxy groups -OCH3 is 1. The van der Waals surface area contributed by atoms with Gasteiger partial charge in [-0.3, -0.25) is 49.4 Å². The number of nitrogens with one attached hydrogen (secondary N) is 5. The van der Waals surface area contributed by atoms with E-state index in [-0.39, 0.29) is 18.3 Å². The number of hydrogen-bond acceptors (Lipinski definition) is 16. The molecule has 5 aromatic carbocycles. The van der Waals surface area contributed by atoms with Gasteiger partial charge in [-0.1, -0.05) is 238 Å². The monoisotopic (exact) mass is 1780 g/mol. The maximum atomic E-state index is 13.4. The number of pyridine rings is 5. The summed E-state index contributed by atoms with van der Waals surface area (Å²) in [4.78, 5) is 35.1. The lowest BCUT2D eigenvalue weighted by molar-refractivity contribution is -0.138. The summed E-state index contributed by atoms with van der Waals surface area (Å²) in [5.74, 6) is 1.65. The van der Waals surface area contributed by atoms with Gasteiger partial charge in [0.1, 0.15) is 5.75 Å². The number of unbranched alkanes of at least 4 members (excludes halogenated alkanes) is 10. The Morgan fingerprint density at radius 1 is 0.321 bits per heavy atom. The number of benzene rings is 5. The predicted octanol–water partition coefficient (Wildman–Crippen LogP) is 21.5. The van der Waals surface area contributed by atoms with Crippen LogP contribution in [0.4, 0.5) is 13.2 Å². The van der Waals surface area contributed by atoms with Crippen LogP contribution in [0.25, 0.3) is 0 Å². The highest BCUT2D eigenvalue weighted by molar-refractivity contribution is 5.36. The van der Waals surface area contributed by atoms with E-state index in [1.165, 1.54) is 198 Å². The first-order chi connectivity index (χ1) is 64.1. The van der Waals surface area contributed by atoms with Crippen LogP contribution >= 0.6 is 0 Å². The Balaban J connectivity index is 0.000000148.